The van der Waals surface area contributed by atoms with Gasteiger partial charge in [-0.05, 0) is 120 Å². The van der Waals surface area contributed by atoms with Crippen molar-refractivity contribution in [3.63, 3.8) is 0 Å². The maximum atomic E-state index is 2.65. The Morgan fingerprint density at radius 2 is 1.51 bits per heavy atom. The predicted molar refractivity (Wildman–Crippen MR) is 163 cm³/mol. The number of rotatable bonds is 1. The molecular formula is C37H39N2+. The van der Waals surface area contributed by atoms with E-state index < -0.39 is 0 Å². The molecule has 4 fully saturated rings. The van der Waals surface area contributed by atoms with Crippen LogP contribution >= 0.6 is 0 Å². The van der Waals surface area contributed by atoms with Crippen LogP contribution in [0, 0.1) is 24.7 Å². The van der Waals surface area contributed by atoms with Crippen LogP contribution in [-0.2, 0) is 17.9 Å². The highest BCUT2D eigenvalue weighted by Gasteiger charge is 2.51. The standard InChI is InChI=1S/C37H39N2/c1-21-6-8-28-29-16-26(36(2,3)4)7-9-30(29)39-31-17-27(37-18-22-12-23(19-37)14-24(13-22)20-37)15-25-10-11-38(5)35(33(25)31)32(21)34(28)39/h6-11,15-17,22-24H,12-14,18-20H2,1-5H3/q+1. The lowest BCUT2D eigenvalue weighted by Gasteiger charge is -2.57. The Balaban J connectivity index is 1.47. The molecule has 3 heterocycles. The summed E-state index contributed by atoms with van der Waals surface area (Å²) >= 11 is 0. The monoisotopic (exact) mass is 511 g/mol. The fourth-order valence-electron chi connectivity index (χ4n) is 9.95. The lowest BCUT2D eigenvalue weighted by atomic mass is 9.48. The Bertz CT molecular complexity index is 1960. The van der Waals surface area contributed by atoms with Crippen molar-refractivity contribution in [3.8, 4) is 0 Å². The summed E-state index contributed by atoms with van der Waals surface area (Å²) in [4.78, 5) is 0. The first-order chi connectivity index (χ1) is 18.7. The highest BCUT2D eigenvalue weighted by molar-refractivity contribution is 6.25. The number of benzene rings is 3. The molecule has 10 rings (SSSR count). The summed E-state index contributed by atoms with van der Waals surface area (Å²) in [6.45, 7) is 9.28. The largest absolute Gasteiger partial charge is 0.307 e. The molecular weight excluding hydrogens is 472 g/mol. The van der Waals surface area contributed by atoms with Gasteiger partial charge < -0.3 is 4.40 Å². The van der Waals surface area contributed by atoms with Gasteiger partial charge in [-0.2, -0.15) is 0 Å². The number of aromatic nitrogens is 2. The second kappa shape index (κ2) is 7.14. The summed E-state index contributed by atoms with van der Waals surface area (Å²) in [6, 6.07) is 19.6. The Morgan fingerprint density at radius 1 is 0.795 bits per heavy atom. The molecule has 0 spiro atoms. The van der Waals surface area contributed by atoms with Crippen molar-refractivity contribution in [1.82, 2.24) is 4.40 Å². The predicted octanol–water partition coefficient (Wildman–Crippen LogP) is 8.89. The van der Waals surface area contributed by atoms with E-state index in [9.17, 15) is 0 Å². The Morgan fingerprint density at radius 3 is 2.21 bits per heavy atom. The number of fused-ring (bicyclic) bond motifs is 5. The average Bonchev–Trinajstić information content (AvgIpc) is 3.22. The van der Waals surface area contributed by atoms with Gasteiger partial charge in [-0.25, -0.2) is 4.57 Å². The Kier molecular flexibility index (Phi) is 4.15. The van der Waals surface area contributed by atoms with E-state index in [1.807, 2.05) is 0 Å². The van der Waals surface area contributed by atoms with Crippen LogP contribution in [0.4, 0.5) is 0 Å². The van der Waals surface area contributed by atoms with Crippen molar-refractivity contribution in [2.45, 2.75) is 77.0 Å². The average molecular weight is 512 g/mol. The summed E-state index contributed by atoms with van der Waals surface area (Å²) in [5.41, 5.74) is 10.4. The summed E-state index contributed by atoms with van der Waals surface area (Å²) in [7, 11) is 2.24. The van der Waals surface area contributed by atoms with E-state index in [1.54, 1.807) is 5.56 Å². The van der Waals surface area contributed by atoms with Gasteiger partial charge in [0.05, 0.1) is 27.3 Å². The van der Waals surface area contributed by atoms with Crippen LogP contribution in [0.5, 0.6) is 0 Å². The van der Waals surface area contributed by atoms with Gasteiger partial charge in [0.1, 0.15) is 7.05 Å². The molecule has 0 radical (unpaired) electrons. The third-order valence-corrected chi connectivity index (χ3v) is 11.3. The Hall–Kier alpha value is -3.13. The number of aryl methyl sites for hydroxylation is 2. The molecule has 0 atom stereocenters. The van der Waals surface area contributed by atoms with Crippen LogP contribution < -0.4 is 4.57 Å². The van der Waals surface area contributed by atoms with Crippen LogP contribution in [0.2, 0.25) is 0 Å². The maximum absolute atomic E-state index is 2.65. The van der Waals surface area contributed by atoms with Crippen LogP contribution in [0.1, 0.15) is 76.0 Å². The summed E-state index contributed by atoms with van der Waals surface area (Å²) in [5, 5.41) is 7.03. The SMILES string of the molecule is Cc1ccc2c3cc(C(C)(C)C)ccc3n3c4cc(C56CC7CC(CC(C7)C5)C6)cc5cc[n+](C)c(c1c23)c54. The molecule has 0 unspecified atom stereocenters. The molecule has 4 bridgehead atoms. The molecule has 39 heavy (non-hydrogen) atoms. The second-order valence-corrected chi connectivity index (χ2v) is 14.9. The maximum Gasteiger partial charge on any atom is 0.224 e. The fourth-order valence-corrected chi connectivity index (χ4v) is 9.95. The fraction of sp³-hybridized carbons (Fsp3) is 0.432. The minimum absolute atomic E-state index is 0.122. The van der Waals surface area contributed by atoms with Crippen molar-refractivity contribution in [3.05, 3.63) is 71.4 Å². The number of hydrogen-bond donors (Lipinski definition) is 0. The van der Waals surface area contributed by atoms with Crippen LogP contribution in [0.3, 0.4) is 0 Å². The molecule has 3 aromatic carbocycles. The zero-order chi connectivity index (χ0) is 26.4. The normalized spacial score (nSPS) is 26.8. The van der Waals surface area contributed by atoms with Crippen molar-refractivity contribution >= 4 is 49.0 Å². The quantitative estimate of drug-likeness (QED) is 0.118. The summed E-state index contributed by atoms with van der Waals surface area (Å²) in [5.74, 6) is 2.85. The van der Waals surface area contributed by atoms with Gasteiger partial charge in [-0.3, -0.25) is 0 Å². The first-order valence-corrected chi connectivity index (χ1v) is 15.3. The highest BCUT2D eigenvalue weighted by atomic mass is 15.0. The minimum Gasteiger partial charge on any atom is -0.307 e. The van der Waals surface area contributed by atoms with E-state index in [2.05, 4.69) is 98.4 Å². The van der Waals surface area contributed by atoms with Gasteiger partial charge in [-0.1, -0.05) is 39.0 Å². The molecule has 4 aliphatic carbocycles. The summed E-state index contributed by atoms with van der Waals surface area (Å²) < 4.78 is 5.03. The number of pyridine rings is 2. The molecule has 0 amide bonds. The number of nitrogens with zero attached hydrogens (tertiary/aromatic N) is 2. The molecule has 0 saturated heterocycles. The molecule has 2 nitrogen and oxygen atoms in total. The minimum atomic E-state index is 0.122. The molecule has 4 aliphatic rings. The van der Waals surface area contributed by atoms with Gasteiger partial charge in [0.15, 0.2) is 6.20 Å². The third kappa shape index (κ3) is 2.86. The van der Waals surface area contributed by atoms with Crippen LogP contribution in [0.15, 0.2) is 54.7 Å². The van der Waals surface area contributed by atoms with Gasteiger partial charge in [0.25, 0.3) is 0 Å². The molecule has 6 aromatic rings. The molecule has 2 heteroatoms. The highest BCUT2D eigenvalue weighted by Crippen LogP contribution is 2.61. The molecule has 196 valence electrons. The third-order valence-electron chi connectivity index (χ3n) is 11.3. The lowest BCUT2D eigenvalue weighted by molar-refractivity contribution is -0.643. The molecule has 0 aliphatic heterocycles. The molecule has 0 N–H and O–H groups in total. The van der Waals surface area contributed by atoms with Gasteiger partial charge in [-0.15, -0.1) is 0 Å². The van der Waals surface area contributed by atoms with Crippen molar-refractivity contribution < 1.29 is 4.57 Å². The zero-order valence-electron chi connectivity index (χ0n) is 24.1. The lowest BCUT2D eigenvalue weighted by Crippen LogP contribution is -2.48. The van der Waals surface area contributed by atoms with Crippen molar-refractivity contribution in [2.24, 2.45) is 24.8 Å². The van der Waals surface area contributed by atoms with E-state index in [0.29, 0.717) is 5.41 Å². The summed E-state index contributed by atoms with van der Waals surface area (Å²) in [6.07, 6.45) is 11.0. The topological polar surface area (TPSA) is 8.29 Å². The molecule has 3 aromatic heterocycles. The van der Waals surface area contributed by atoms with Gasteiger partial charge in [0, 0.05) is 16.8 Å². The van der Waals surface area contributed by atoms with E-state index >= 15 is 0 Å². The second-order valence-electron chi connectivity index (χ2n) is 14.9. The molecule has 4 saturated carbocycles. The Labute approximate surface area is 231 Å². The first-order valence-electron chi connectivity index (χ1n) is 15.3. The van der Waals surface area contributed by atoms with Crippen LogP contribution in [-0.4, -0.2) is 4.40 Å². The van der Waals surface area contributed by atoms with Gasteiger partial charge in [0.2, 0.25) is 5.52 Å². The number of hydrogen-bond acceptors (Lipinski definition) is 0. The van der Waals surface area contributed by atoms with E-state index in [1.165, 1.54) is 98.6 Å². The van der Waals surface area contributed by atoms with Gasteiger partial charge >= 0.3 is 0 Å². The van der Waals surface area contributed by atoms with Crippen molar-refractivity contribution in [2.75, 3.05) is 0 Å². The smallest absolute Gasteiger partial charge is 0.224 e. The van der Waals surface area contributed by atoms with Crippen LogP contribution in [0.25, 0.3) is 49.0 Å². The van der Waals surface area contributed by atoms with Crippen molar-refractivity contribution in [1.29, 1.82) is 0 Å². The van der Waals surface area contributed by atoms with E-state index in [4.69, 9.17) is 0 Å². The first kappa shape index (κ1) is 22.7. The van der Waals surface area contributed by atoms with E-state index in [0.717, 1.165) is 17.8 Å². The van der Waals surface area contributed by atoms with E-state index in [-0.39, 0.29) is 5.41 Å². The zero-order valence-corrected chi connectivity index (χ0v) is 24.1.